The fourth-order valence-electron chi connectivity index (χ4n) is 4.55. The van der Waals surface area contributed by atoms with E-state index in [1.165, 1.54) is 10.5 Å². The second kappa shape index (κ2) is 8.69. The summed E-state index contributed by atoms with van der Waals surface area (Å²) in [5.41, 5.74) is -1.32. The molecular weight excluding hydrogens is 675 g/mol. The van der Waals surface area contributed by atoms with Gasteiger partial charge in [0, 0.05) is 34.6 Å². The van der Waals surface area contributed by atoms with Crippen LogP contribution in [-0.4, -0.2) is 27.8 Å². The van der Waals surface area contributed by atoms with Crippen LogP contribution in [0.2, 0.25) is 0 Å². The number of methoxy groups -OCH3 is 1. The second-order valence-corrected chi connectivity index (χ2v) is 11.2. The van der Waals surface area contributed by atoms with Gasteiger partial charge in [-0.2, -0.15) is 18.4 Å². The molecule has 6 nitrogen and oxygen atoms in total. The van der Waals surface area contributed by atoms with E-state index in [1.807, 2.05) is 12.1 Å². The Bertz CT molecular complexity index is 1310. The van der Waals surface area contributed by atoms with Crippen molar-refractivity contribution in [1.29, 1.82) is 5.26 Å². The zero-order valence-electron chi connectivity index (χ0n) is 18.0. The first kappa shape index (κ1) is 23.9. The van der Waals surface area contributed by atoms with Gasteiger partial charge in [0.2, 0.25) is 0 Å². The van der Waals surface area contributed by atoms with Gasteiger partial charge in [-0.25, -0.2) is 0 Å². The Hall–Kier alpha value is -1.82. The van der Waals surface area contributed by atoms with Crippen molar-refractivity contribution in [1.82, 2.24) is 14.6 Å². The number of alkyl halides is 3. The van der Waals surface area contributed by atoms with E-state index >= 15 is 0 Å². The Labute approximate surface area is 221 Å². The summed E-state index contributed by atoms with van der Waals surface area (Å²) in [6, 6.07) is 7.53. The van der Waals surface area contributed by atoms with Crippen molar-refractivity contribution in [3.05, 3.63) is 48.5 Å². The lowest BCUT2D eigenvalue weighted by Crippen LogP contribution is -2.47. The van der Waals surface area contributed by atoms with Crippen LogP contribution in [0.1, 0.15) is 42.6 Å². The van der Waals surface area contributed by atoms with E-state index in [2.05, 4.69) is 61.4 Å². The van der Waals surface area contributed by atoms with Crippen LogP contribution in [0.5, 0.6) is 11.5 Å². The summed E-state index contributed by atoms with van der Waals surface area (Å²) in [7, 11) is 1.55. The Morgan fingerprint density at radius 1 is 1.24 bits per heavy atom. The number of pyridine rings is 1. The highest BCUT2D eigenvalue weighted by atomic mass is 127. The molecular formula is C23H19F3I2N4O2. The fourth-order valence-corrected chi connectivity index (χ4v) is 6.61. The normalized spacial score (nSPS) is 22.3. The third kappa shape index (κ3) is 4.20. The molecule has 0 spiro atoms. The van der Waals surface area contributed by atoms with Gasteiger partial charge in [-0.1, -0.05) is 0 Å². The van der Waals surface area contributed by atoms with Crippen LogP contribution >= 0.6 is 45.2 Å². The highest BCUT2D eigenvalue weighted by Gasteiger charge is 2.50. The Morgan fingerprint density at radius 3 is 2.59 bits per heavy atom. The van der Waals surface area contributed by atoms with Gasteiger partial charge in [0.05, 0.1) is 22.2 Å². The number of benzene rings is 1. The van der Waals surface area contributed by atoms with E-state index in [0.717, 1.165) is 25.5 Å². The number of hydrogen-bond donors (Lipinski definition) is 0. The molecule has 2 fully saturated rings. The van der Waals surface area contributed by atoms with Crippen LogP contribution in [0.25, 0.3) is 5.65 Å². The summed E-state index contributed by atoms with van der Waals surface area (Å²) >= 11 is 4.33. The number of nitrogens with zero attached hydrogens (tertiary/aromatic N) is 4. The molecule has 0 atom stereocenters. The number of halogens is 5. The minimum Gasteiger partial charge on any atom is -0.495 e. The van der Waals surface area contributed by atoms with E-state index in [1.54, 1.807) is 13.3 Å². The van der Waals surface area contributed by atoms with E-state index in [-0.39, 0.29) is 24.2 Å². The molecule has 2 aliphatic rings. The molecule has 0 radical (unpaired) electrons. The van der Waals surface area contributed by atoms with Gasteiger partial charge in [0.25, 0.3) is 0 Å². The molecule has 0 saturated heterocycles. The second-order valence-electron chi connectivity index (χ2n) is 8.82. The van der Waals surface area contributed by atoms with E-state index < -0.39 is 23.3 Å². The van der Waals surface area contributed by atoms with Gasteiger partial charge in [0.15, 0.2) is 5.65 Å². The summed E-state index contributed by atoms with van der Waals surface area (Å²) in [5, 5.41) is 17.9. The molecule has 3 aromatic rings. The Morgan fingerprint density at radius 2 is 1.97 bits per heavy atom. The van der Waals surface area contributed by atoms with Crippen molar-refractivity contribution in [2.45, 2.75) is 49.8 Å². The van der Waals surface area contributed by atoms with Crippen LogP contribution in [0.4, 0.5) is 13.2 Å². The number of rotatable bonds is 6. The van der Waals surface area contributed by atoms with Crippen molar-refractivity contribution in [3.8, 4) is 17.6 Å². The average molecular weight is 694 g/mol. The van der Waals surface area contributed by atoms with Crippen LogP contribution in [0.3, 0.4) is 0 Å². The molecule has 178 valence electrons. The zero-order chi connectivity index (χ0) is 24.3. The lowest BCUT2D eigenvalue weighted by atomic mass is 9.63. The molecule has 2 aromatic heterocycles. The van der Waals surface area contributed by atoms with Crippen LogP contribution < -0.4 is 9.47 Å². The molecule has 0 unspecified atom stereocenters. The molecule has 0 aliphatic heterocycles. The van der Waals surface area contributed by atoms with Crippen molar-refractivity contribution >= 4 is 50.8 Å². The maximum absolute atomic E-state index is 14.1. The summed E-state index contributed by atoms with van der Waals surface area (Å²) in [5.74, 6) is 1.33. The van der Waals surface area contributed by atoms with E-state index in [4.69, 9.17) is 9.47 Å². The quantitative estimate of drug-likeness (QED) is 0.300. The van der Waals surface area contributed by atoms with E-state index in [9.17, 15) is 18.4 Å². The van der Waals surface area contributed by atoms with Gasteiger partial charge in [-0.05, 0) is 82.1 Å². The van der Waals surface area contributed by atoms with Gasteiger partial charge in [-0.15, -0.1) is 10.2 Å². The largest absolute Gasteiger partial charge is 0.495 e. The molecule has 0 amide bonds. The summed E-state index contributed by atoms with van der Waals surface area (Å²) in [6.45, 7) is 0. The molecule has 2 heterocycles. The topological polar surface area (TPSA) is 72.4 Å². The smallest absolute Gasteiger partial charge is 0.423 e. The molecule has 34 heavy (non-hydrogen) atoms. The fraction of sp³-hybridized carbons (Fsp3) is 0.435. The van der Waals surface area contributed by atoms with Crippen LogP contribution in [0.15, 0.2) is 24.4 Å². The van der Waals surface area contributed by atoms with E-state index in [0.29, 0.717) is 23.9 Å². The highest BCUT2D eigenvalue weighted by molar-refractivity contribution is 14.1. The highest BCUT2D eigenvalue weighted by Crippen LogP contribution is 2.50. The number of ether oxygens (including phenoxy) is 2. The SMILES string of the molecule is COc1c(I)cc(I)cc1C1(C#N)CC(Oc2ccn3c(CC4CC4)nnc3c2C(F)(F)F)C1. The van der Waals surface area contributed by atoms with Crippen molar-refractivity contribution in [2.75, 3.05) is 7.11 Å². The lowest BCUT2D eigenvalue weighted by Gasteiger charge is -2.43. The molecule has 0 N–H and O–H groups in total. The van der Waals surface area contributed by atoms with Crippen molar-refractivity contribution in [2.24, 2.45) is 5.92 Å². The standard InChI is InChI=1S/C23H19F3I2N4O2/c1-33-20-15(7-13(27)8-16(20)28)22(11-29)9-14(10-22)34-17-4-5-32-18(6-12-2-3-12)30-31-21(32)19(17)23(24,25)26/h4-5,7-8,12,14H,2-3,6,9-10H2,1H3. The van der Waals surface area contributed by atoms with Crippen molar-refractivity contribution < 1.29 is 22.6 Å². The first-order valence-electron chi connectivity index (χ1n) is 10.7. The number of nitriles is 1. The number of aromatic nitrogens is 3. The molecule has 2 aliphatic carbocycles. The molecule has 5 rings (SSSR count). The van der Waals surface area contributed by atoms with Crippen molar-refractivity contribution in [3.63, 3.8) is 0 Å². The lowest BCUT2D eigenvalue weighted by molar-refractivity contribution is -0.138. The first-order valence-corrected chi connectivity index (χ1v) is 12.9. The van der Waals surface area contributed by atoms with Gasteiger partial charge >= 0.3 is 6.18 Å². The Kier molecular flexibility index (Phi) is 6.11. The minimum atomic E-state index is -4.66. The molecule has 1 aromatic carbocycles. The first-order chi connectivity index (χ1) is 16.1. The van der Waals surface area contributed by atoms with Gasteiger partial charge in [-0.3, -0.25) is 4.40 Å². The molecule has 2 saturated carbocycles. The number of fused-ring (bicyclic) bond motifs is 1. The maximum atomic E-state index is 14.1. The average Bonchev–Trinajstić information content (AvgIpc) is 3.47. The Balaban J connectivity index is 1.44. The third-order valence-electron chi connectivity index (χ3n) is 6.45. The predicted octanol–water partition coefficient (Wildman–Crippen LogP) is 5.92. The monoisotopic (exact) mass is 694 g/mol. The molecule has 11 heteroatoms. The van der Waals surface area contributed by atoms with Gasteiger partial charge in [0.1, 0.15) is 29.0 Å². The summed E-state index contributed by atoms with van der Waals surface area (Å²) in [4.78, 5) is 0. The van der Waals surface area contributed by atoms with Crippen LogP contribution in [-0.2, 0) is 18.0 Å². The number of hydrogen-bond acceptors (Lipinski definition) is 5. The summed E-state index contributed by atoms with van der Waals surface area (Å²) < 4.78 is 56.8. The summed E-state index contributed by atoms with van der Waals surface area (Å²) in [6.07, 6.45) is -0.397. The minimum absolute atomic E-state index is 0.250. The van der Waals surface area contributed by atoms with Gasteiger partial charge < -0.3 is 9.47 Å². The third-order valence-corrected chi connectivity index (χ3v) is 7.88. The predicted molar refractivity (Wildman–Crippen MR) is 134 cm³/mol. The maximum Gasteiger partial charge on any atom is 0.423 e. The molecule has 0 bridgehead atoms. The zero-order valence-corrected chi connectivity index (χ0v) is 22.3. The van der Waals surface area contributed by atoms with Crippen LogP contribution in [0, 0.1) is 24.4 Å².